The van der Waals surface area contributed by atoms with Crippen molar-refractivity contribution in [2.24, 2.45) is 0 Å². The van der Waals surface area contributed by atoms with Crippen molar-refractivity contribution in [1.29, 1.82) is 0 Å². The zero-order valence-electron chi connectivity index (χ0n) is 12.8. The maximum absolute atomic E-state index is 12.6. The van der Waals surface area contributed by atoms with E-state index in [4.69, 9.17) is 10.7 Å². The minimum atomic E-state index is -0.167. The van der Waals surface area contributed by atoms with Crippen LogP contribution in [0.25, 0.3) is 10.2 Å². The molecule has 0 saturated carbocycles. The monoisotopic (exact) mass is 323 g/mol. The Morgan fingerprint density at radius 1 is 1.30 bits per heavy atom. The first-order valence-corrected chi connectivity index (χ1v) is 8.53. The number of nitrogens with two attached hydrogens (primary N) is 1. The molecule has 0 spiro atoms. The van der Waals surface area contributed by atoms with E-state index < -0.39 is 0 Å². The van der Waals surface area contributed by atoms with E-state index in [1.165, 1.54) is 16.9 Å². The van der Waals surface area contributed by atoms with Crippen LogP contribution in [-0.2, 0) is 12.8 Å². The summed E-state index contributed by atoms with van der Waals surface area (Å²) in [6.45, 7) is 1.97. The van der Waals surface area contributed by atoms with Crippen LogP contribution in [0.3, 0.4) is 0 Å². The van der Waals surface area contributed by atoms with Gasteiger partial charge in [-0.3, -0.25) is 4.79 Å². The van der Waals surface area contributed by atoms with Gasteiger partial charge in [0, 0.05) is 16.8 Å². The summed E-state index contributed by atoms with van der Waals surface area (Å²) in [5.74, 6) is -0.167. The van der Waals surface area contributed by atoms with Crippen molar-refractivity contribution < 1.29 is 4.79 Å². The number of nitrogens with zero attached hydrogens (tertiary/aromatic N) is 1. The Morgan fingerprint density at radius 2 is 2.13 bits per heavy atom. The summed E-state index contributed by atoms with van der Waals surface area (Å²) in [5, 5.41) is 3.86. The van der Waals surface area contributed by atoms with Gasteiger partial charge in [-0.2, -0.15) is 0 Å². The van der Waals surface area contributed by atoms with Gasteiger partial charge < -0.3 is 11.1 Å². The quantitative estimate of drug-likeness (QED) is 0.751. The van der Waals surface area contributed by atoms with E-state index in [-0.39, 0.29) is 5.91 Å². The topological polar surface area (TPSA) is 68.0 Å². The third-order valence-corrected chi connectivity index (χ3v) is 5.46. The van der Waals surface area contributed by atoms with Crippen molar-refractivity contribution in [1.82, 2.24) is 4.98 Å². The number of pyridine rings is 1. The number of rotatable bonds is 2. The van der Waals surface area contributed by atoms with Crippen LogP contribution < -0.4 is 11.1 Å². The van der Waals surface area contributed by atoms with Crippen molar-refractivity contribution in [3.8, 4) is 0 Å². The van der Waals surface area contributed by atoms with Crippen molar-refractivity contribution in [2.45, 2.75) is 26.2 Å². The predicted octanol–water partition coefficient (Wildman–Crippen LogP) is 3.93. The van der Waals surface area contributed by atoms with Gasteiger partial charge in [0.25, 0.3) is 5.91 Å². The van der Waals surface area contributed by atoms with Crippen molar-refractivity contribution in [3.05, 3.63) is 52.0 Å². The molecule has 2 aromatic heterocycles. The lowest BCUT2D eigenvalue weighted by atomic mass is 10.1. The Labute approximate surface area is 138 Å². The van der Waals surface area contributed by atoms with E-state index in [9.17, 15) is 4.79 Å². The van der Waals surface area contributed by atoms with E-state index in [1.807, 2.05) is 31.2 Å². The summed E-state index contributed by atoms with van der Waals surface area (Å²) in [6, 6.07) is 9.83. The summed E-state index contributed by atoms with van der Waals surface area (Å²) >= 11 is 1.37. The number of anilines is 2. The number of carbonyl (C=O) groups is 1. The van der Waals surface area contributed by atoms with Crippen molar-refractivity contribution in [2.75, 3.05) is 11.1 Å². The third kappa shape index (κ3) is 2.37. The SMILES string of the molecule is Cc1ccccc1NC(=O)c1sc2nc3c(cc2c1N)CCC3. The van der Waals surface area contributed by atoms with Crippen molar-refractivity contribution >= 4 is 38.8 Å². The molecule has 0 unspecified atom stereocenters. The minimum Gasteiger partial charge on any atom is -0.397 e. The van der Waals surface area contributed by atoms with Crippen LogP contribution in [0.1, 0.15) is 32.9 Å². The highest BCUT2D eigenvalue weighted by Gasteiger charge is 2.21. The number of thiophene rings is 1. The number of fused-ring (bicyclic) bond motifs is 2. The molecular formula is C18H17N3OS. The highest BCUT2D eigenvalue weighted by molar-refractivity contribution is 7.21. The van der Waals surface area contributed by atoms with Gasteiger partial charge in [0.15, 0.2) is 0 Å². The van der Waals surface area contributed by atoms with Gasteiger partial charge in [0.05, 0.1) is 5.69 Å². The smallest absolute Gasteiger partial charge is 0.267 e. The summed E-state index contributed by atoms with van der Waals surface area (Å²) in [5.41, 5.74) is 11.0. The molecule has 1 aliphatic carbocycles. The lowest BCUT2D eigenvalue weighted by Crippen LogP contribution is -2.12. The number of nitrogen functional groups attached to an aromatic ring is 1. The van der Waals surface area contributed by atoms with E-state index in [2.05, 4.69) is 11.4 Å². The largest absolute Gasteiger partial charge is 0.397 e. The van der Waals surface area contributed by atoms with Gasteiger partial charge in [0.2, 0.25) is 0 Å². The molecule has 0 bridgehead atoms. The first-order chi connectivity index (χ1) is 11.1. The van der Waals surface area contributed by atoms with Gasteiger partial charge >= 0.3 is 0 Å². The molecule has 0 saturated heterocycles. The highest BCUT2D eigenvalue weighted by Crippen LogP contribution is 2.36. The Hall–Kier alpha value is -2.40. The number of aryl methyl sites for hydroxylation is 3. The lowest BCUT2D eigenvalue weighted by Gasteiger charge is -2.07. The third-order valence-electron chi connectivity index (χ3n) is 4.35. The van der Waals surface area contributed by atoms with Crippen LogP contribution in [0.5, 0.6) is 0 Å². The molecule has 3 N–H and O–H groups in total. The Kier molecular flexibility index (Phi) is 3.31. The molecule has 0 radical (unpaired) electrons. The van der Waals surface area contributed by atoms with Crippen LogP contribution in [0.15, 0.2) is 30.3 Å². The van der Waals surface area contributed by atoms with Crippen LogP contribution >= 0.6 is 11.3 Å². The normalized spacial score (nSPS) is 13.3. The van der Waals surface area contributed by atoms with Crippen LogP contribution in [0.4, 0.5) is 11.4 Å². The Balaban J connectivity index is 1.73. The molecular weight excluding hydrogens is 306 g/mol. The van der Waals surface area contributed by atoms with Gasteiger partial charge in [0.1, 0.15) is 9.71 Å². The number of amides is 1. The van der Waals surface area contributed by atoms with Crippen molar-refractivity contribution in [3.63, 3.8) is 0 Å². The summed E-state index contributed by atoms with van der Waals surface area (Å²) < 4.78 is 0. The number of carbonyl (C=O) groups excluding carboxylic acids is 1. The number of nitrogens with one attached hydrogen (secondary N) is 1. The number of hydrogen-bond donors (Lipinski definition) is 2. The van der Waals surface area contributed by atoms with Gasteiger partial charge in [-0.05, 0) is 49.4 Å². The second-order valence-electron chi connectivity index (χ2n) is 5.91. The molecule has 1 aromatic carbocycles. The second kappa shape index (κ2) is 5.35. The highest BCUT2D eigenvalue weighted by atomic mass is 32.1. The fraction of sp³-hybridized carbons (Fsp3) is 0.222. The zero-order valence-corrected chi connectivity index (χ0v) is 13.7. The average Bonchev–Trinajstić information content (AvgIpc) is 3.12. The molecule has 4 rings (SSSR count). The number of hydrogen-bond acceptors (Lipinski definition) is 4. The molecule has 0 atom stereocenters. The zero-order chi connectivity index (χ0) is 16.0. The second-order valence-corrected chi connectivity index (χ2v) is 6.91. The van der Waals surface area contributed by atoms with E-state index in [1.54, 1.807) is 0 Å². The molecule has 23 heavy (non-hydrogen) atoms. The molecule has 3 aromatic rings. The molecule has 1 amide bonds. The van der Waals surface area contributed by atoms with Crippen LogP contribution in [0, 0.1) is 6.92 Å². The van der Waals surface area contributed by atoms with Crippen LogP contribution in [-0.4, -0.2) is 10.9 Å². The van der Waals surface area contributed by atoms with Gasteiger partial charge in [-0.25, -0.2) is 4.98 Å². The molecule has 0 aliphatic heterocycles. The fourth-order valence-electron chi connectivity index (χ4n) is 3.06. The number of aromatic nitrogens is 1. The molecule has 116 valence electrons. The first kappa shape index (κ1) is 14.2. The molecule has 5 heteroatoms. The first-order valence-electron chi connectivity index (χ1n) is 7.71. The van der Waals surface area contributed by atoms with Gasteiger partial charge in [-0.1, -0.05) is 18.2 Å². The summed E-state index contributed by atoms with van der Waals surface area (Å²) in [6.07, 6.45) is 3.23. The molecule has 1 aliphatic rings. The van der Waals surface area contributed by atoms with Gasteiger partial charge in [-0.15, -0.1) is 11.3 Å². The maximum Gasteiger partial charge on any atom is 0.267 e. The Bertz CT molecular complexity index is 929. The standard InChI is InChI=1S/C18H17N3OS/c1-10-5-2-3-7-13(10)20-17(22)16-15(19)12-9-11-6-4-8-14(11)21-18(12)23-16/h2-3,5,7,9H,4,6,8,19H2,1H3,(H,20,22). The number of para-hydroxylation sites is 1. The molecule has 0 fully saturated rings. The van der Waals surface area contributed by atoms with E-state index >= 15 is 0 Å². The summed E-state index contributed by atoms with van der Waals surface area (Å²) in [7, 11) is 0. The molecule has 4 nitrogen and oxygen atoms in total. The lowest BCUT2D eigenvalue weighted by molar-refractivity contribution is 0.103. The minimum absolute atomic E-state index is 0.167. The maximum atomic E-state index is 12.6. The Morgan fingerprint density at radius 3 is 2.96 bits per heavy atom. The number of benzene rings is 1. The van der Waals surface area contributed by atoms with E-state index in [0.29, 0.717) is 10.6 Å². The summed E-state index contributed by atoms with van der Waals surface area (Å²) in [4.78, 5) is 18.7. The molecule has 2 heterocycles. The predicted molar refractivity (Wildman–Crippen MR) is 95.2 cm³/mol. The van der Waals surface area contributed by atoms with E-state index in [0.717, 1.165) is 46.4 Å². The van der Waals surface area contributed by atoms with Crippen LogP contribution in [0.2, 0.25) is 0 Å². The fourth-order valence-corrected chi connectivity index (χ4v) is 4.05. The average molecular weight is 323 g/mol.